The molecule has 0 bridgehead atoms. The van der Waals surface area contributed by atoms with Gasteiger partial charge in [0.05, 0.1) is 28.1 Å². The summed E-state index contributed by atoms with van der Waals surface area (Å²) in [5.74, 6) is 2.31. The standard InChI is InChI=1S/C27H35ClN4O4/c1-15-10-19(8-9-34-15)11-24-16(2)26(25-17(3)32-36-18(25)4)31-27(30-24)22-12-21(6-7-23(22)28)35-14-20(33)13-29-5/h6-7,12,15,19-20,29,33H,8-11,13-14H2,1-5H3/t15-,19+,20+/m0/s1. The number of hydrogen-bond acceptors (Lipinski definition) is 8. The van der Waals surface area contributed by atoms with Crippen molar-refractivity contribution in [3.63, 3.8) is 0 Å². The molecule has 1 aliphatic heterocycles. The van der Waals surface area contributed by atoms with E-state index in [1.54, 1.807) is 19.2 Å². The van der Waals surface area contributed by atoms with Crippen LogP contribution in [0.1, 0.15) is 42.5 Å². The second-order valence-electron chi connectivity index (χ2n) is 9.61. The number of aryl methyl sites for hydroxylation is 2. The Morgan fingerprint density at radius 1 is 1.25 bits per heavy atom. The van der Waals surface area contributed by atoms with Crippen molar-refractivity contribution in [2.24, 2.45) is 5.92 Å². The number of aromatic nitrogens is 3. The molecular formula is C27H35ClN4O4. The first-order valence-electron chi connectivity index (χ1n) is 12.4. The van der Waals surface area contributed by atoms with Gasteiger partial charge in [-0.1, -0.05) is 16.8 Å². The summed E-state index contributed by atoms with van der Waals surface area (Å²) >= 11 is 6.64. The molecule has 4 rings (SSSR count). The predicted molar refractivity (Wildman–Crippen MR) is 139 cm³/mol. The minimum Gasteiger partial charge on any atom is -0.491 e. The van der Waals surface area contributed by atoms with Gasteiger partial charge in [0.25, 0.3) is 0 Å². The van der Waals surface area contributed by atoms with Gasteiger partial charge in [0.15, 0.2) is 5.82 Å². The molecule has 0 unspecified atom stereocenters. The third kappa shape index (κ3) is 6.06. The molecule has 1 fully saturated rings. The number of rotatable bonds is 9. The zero-order chi connectivity index (χ0) is 25.8. The summed E-state index contributed by atoms with van der Waals surface area (Å²) < 4.78 is 17.1. The lowest BCUT2D eigenvalue weighted by molar-refractivity contribution is 0.00262. The van der Waals surface area contributed by atoms with Crippen molar-refractivity contribution in [2.75, 3.05) is 26.8 Å². The second kappa shape index (κ2) is 11.7. The summed E-state index contributed by atoms with van der Waals surface area (Å²) in [6, 6.07) is 5.39. The van der Waals surface area contributed by atoms with Gasteiger partial charge in [-0.3, -0.25) is 0 Å². The van der Waals surface area contributed by atoms with Crippen LogP contribution in [-0.2, 0) is 11.2 Å². The van der Waals surface area contributed by atoms with Crippen molar-refractivity contribution in [3.8, 4) is 28.4 Å². The Bertz CT molecular complexity index is 1180. The maximum atomic E-state index is 10.0. The van der Waals surface area contributed by atoms with Crippen LogP contribution in [0.4, 0.5) is 0 Å². The fourth-order valence-corrected chi connectivity index (χ4v) is 4.95. The quantitative estimate of drug-likeness (QED) is 0.424. The van der Waals surface area contributed by atoms with Crippen molar-refractivity contribution in [1.82, 2.24) is 20.4 Å². The summed E-state index contributed by atoms with van der Waals surface area (Å²) in [7, 11) is 1.79. The number of aliphatic hydroxyl groups excluding tert-OH is 1. The predicted octanol–water partition coefficient (Wildman–Crippen LogP) is 4.69. The van der Waals surface area contributed by atoms with E-state index in [0.717, 1.165) is 54.1 Å². The van der Waals surface area contributed by atoms with Crippen molar-refractivity contribution in [2.45, 2.75) is 59.2 Å². The van der Waals surface area contributed by atoms with Crippen LogP contribution >= 0.6 is 11.6 Å². The van der Waals surface area contributed by atoms with E-state index in [-0.39, 0.29) is 12.7 Å². The third-order valence-corrected chi connectivity index (χ3v) is 6.98. The average molecular weight is 515 g/mol. The zero-order valence-electron chi connectivity index (χ0n) is 21.6. The van der Waals surface area contributed by atoms with Crippen LogP contribution in [0.25, 0.3) is 22.6 Å². The molecule has 2 aromatic heterocycles. The van der Waals surface area contributed by atoms with Crippen molar-refractivity contribution < 1.29 is 19.1 Å². The van der Waals surface area contributed by atoms with Gasteiger partial charge in [0, 0.05) is 24.4 Å². The minimum absolute atomic E-state index is 0.161. The number of hydrogen-bond donors (Lipinski definition) is 2. The molecule has 0 amide bonds. The molecule has 3 aromatic rings. The summed E-state index contributed by atoms with van der Waals surface area (Å²) in [4.78, 5) is 9.98. The molecule has 0 aliphatic carbocycles. The SMILES string of the molecule is CNC[C@@H](O)COc1ccc(Cl)c(-c2nc(C[C@@H]3CCO[C@@H](C)C3)c(C)c(-c3c(C)noc3C)n2)c1. The Kier molecular flexibility index (Phi) is 8.62. The zero-order valence-corrected chi connectivity index (χ0v) is 22.4. The molecule has 0 saturated carbocycles. The number of ether oxygens (including phenoxy) is 2. The van der Waals surface area contributed by atoms with E-state index in [4.69, 9.17) is 35.6 Å². The van der Waals surface area contributed by atoms with Crippen LogP contribution in [0.3, 0.4) is 0 Å². The summed E-state index contributed by atoms with van der Waals surface area (Å²) in [5.41, 5.74) is 5.15. The Hall–Kier alpha value is -2.52. The maximum Gasteiger partial charge on any atom is 0.161 e. The molecule has 1 saturated heterocycles. The molecule has 3 heterocycles. The smallest absolute Gasteiger partial charge is 0.161 e. The second-order valence-corrected chi connectivity index (χ2v) is 10.0. The first-order chi connectivity index (χ1) is 17.3. The van der Waals surface area contributed by atoms with Crippen LogP contribution in [0.2, 0.25) is 5.02 Å². The van der Waals surface area contributed by atoms with E-state index in [1.165, 1.54) is 0 Å². The summed E-state index contributed by atoms with van der Waals surface area (Å²) in [6.45, 7) is 9.37. The molecule has 3 atom stereocenters. The van der Waals surface area contributed by atoms with Gasteiger partial charge in [0.1, 0.15) is 24.2 Å². The number of benzene rings is 1. The molecule has 36 heavy (non-hydrogen) atoms. The Labute approximate surface area is 217 Å². The molecule has 0 radical (unpaired) electrons. The lowest BCUT2D eigenvalue weighted by Gasteiger charge is -2.27. The van der Waals surface area contributed by atoms with E-state index in [2.05, 4.69) is 24.3 Å². The highest BCUT2D eigenvalue weighted by atomic mass is 35.5. The highest BCUT2D eigenvalue weighted by Gasteiger charge is 2.25. The molecular weight excluding hydrogens is 480 g/mol. The van der Waals surface area contributed by atoms with Gasteiger partial charge >= 0.3 is 0 Å². The Balaban J connectivity index is 1.76. The van der Waals surface area contributed by atoms with Crippen molar-refractivity contribution in [1.29, 1.82) is 0 Å². The molecule has 2 N–H and O–H groups in total. The monoisotopic (exact) mass is 514 g/mol. The van der Waals surface area contributed by atoms with Gasteiger partial charge in [0.2, 0.25) is 0 Å². The van der Waals surface area contributed by atoms with Crippen LogP contribution in [0.5, 0.6) is 5.75 Å². The van der Waals surface area contributed by atoms with E-state index in [9.17, 15) is 5.11 Å². The minimum atomic E-state index is -0.621. The molecule has 8 nitrogen and oxygen atoms in total. The van der Waals surface area contributed by atoms with Crippen LogP contribution in [-0.4, -0.2) is 59.2 Å². The van der Waals surface area contributed by atoms with Crippen LogP contribution in [0, 0.1) is 26.7 Å². The average Bonchev–Trinajstić information content (AvgIpc) is 3.18. The van der Waals surface area contributed by atoms with Gasteiger partial charge < -0.3 is 24.4 Å². The van der Waals surface area contributed by atoms with E-state index >= 15 is 0 Å². The molecule has 0 spiro atoms. The van der Waals surface area contributed by atoms with Gasteiger partial charge in [-0.15, -0.1) is 0 Å². The normalized spacial score (nSPS) is 18.9. The molecule has 1 aliphatic rings. The van der Waals surface area contributed by atoms with Crippen LogP contribution < -0.4 is 10.1 Å². The Morgan fingerprint density at radius 3 is 2.75 bits per heavy atom. The topological polar surface area (TPSA) is 103 Å². The third-order valence-electron chi connectivity index (χ3n) is 6.65. The van der Waals surface area contributed by atoms with E-state index < -0.39 is 6.10 Å². The first kappa shape index (κ1) is 26.5. The maximum absolute atomic E-state index is 10.0. The van der Waals surface area contributed by atoms with Crippen molar-refractivity contribution in [3.05, 3.63) is 45.9 Å². The van der Waals surface area contributed by atoms with Gasteiger partial charge in [-0.25, -0.2) is 9.97 Å². The fourth-order valence-electron chi connectivity index (χ4n) is 4.75. The van der Waals surface area contributed by atoms with Gasteiger partial charge in [-0.2, -0.15) is 0 Å². The number of halogens is 1. The number of aliphatic hydroxyl groups is 1. The fraction of sp³-hybridized carbons (Fsp3) is 0.519. The summed E-state index contributed by atoms with van der Waals surface area (Å²) in [5, 5.41) is 17.6. The lowest BCUT2D eigenvalue weighted by Crippen LogP contribution is -2.29. The lowest BCUT2D eigenvalue weighted by atomic mass is 9.89. The number of nitrogens with zero attached hydrogens (tertiary/aromatic N) is 3. The molecule has 9 heteroatoms. The first-order valence-corrected chi connectivity index (χ1v) is 12.8. The van der Waals surface area contributed by atoms with Crippen LogP contribution in [0.15, 0.2) is 22.7 Å². The molecule has 194 valence electrons. The highest BCUT2D eigenvalue weighted by molar-refractivity contribution is 6.33. The number of nitrogens with one attached hydrogen (secondary N) is 1. The highest BCUT2D eigenvalue weighted by Crippen LogP contribution is 2.36. The summed E-state index contributed by atoms with van der Waals surface area (Å²) in [6.07, 6.45) is 2.45. The molecule has 1 aromatic carbocycles. The largest absolute Gasteiger partial charge is 0.491 e. The van der Waals surface area contributed by atoms with Crippen molar-refractivity contribution >= 4 is 11.6 Å². The van der Waals surface area contributed by atoms with E-state index in [1.807, 2.05) is 19.9 Å². The Morgan fingerprint density at radius 2 is 2.06 bits per heavy atom. The number of likely N-dealkylation sites (N-methyl/N-ethyl adjacent to an activating group) is 1. The van der Waals surface area contributed by atoms with Gasteiger partial charge in [-0.05, 0) is 83.7 Å². The van der Waals surface area contributed by atoms with E-state index in [0.29, 0.717) is 40.4 Å².